The molecule has 3 rings (SSSR count). The molecule has 0 unspecified atom stereocenters. The zero-order chi connectivity index (χ0) is 20.3. The second kappa shape index (κ2) is 8.21. The summed E-state index contributed by atoms with van der Waals surface area (Å²) in [7, 11) is 3.42. The van der Waals surface area contributed by atoms with Crippen LogP contribution in [0.2, 0.25) is 0 Å². The Bertz CT molecular complexity index is 924. The van der Waals surface area contributed by atoms with Crippen molar-refractivity contribution in [2.75, 3.05) is 26.9 Å². The molecule has 0 atom stereocenters. The average Bonchev–Trinajstić information content (AvgIpc) is 2.97. The van der Waals surface area contributed by atoms with Crippen molar-refractivity contribution in [2.24, 2.45) is 7.05 Å². The van der Waals surface area contributed by atoms with Crippen LogP contribution >= 0.6 is 0 Å². The normalized spacial score (nSPS) is 12.9. The number of rotatable bonds is 6. The van der Waals surface area contributed by atoms with Crippen LogP contribution in [0.3, 0.4) is 0 Å². The van der Waals surface area contributed by atoms with E-state index in [1.165, 1.54) is 13.2 Å². The highest BCUT2D eigenvalue weighted by molar-refractivity contribution is 6.00. The van der Waals surface area contributed by atoms with Crippen LogP contribution in [0.25, 0.3) is 6.08 Å². The summed E-state index contributed by atoms with van der Waals surface area (Å²) in [6, 6.07) is 5.28. The van der Waals surface area contributed by atoms with Crippen LogP contribution in [0.15, 0.2) is 24.3 Å². The van der Waals surface area contributed by atoms with Crippen molar-refractivity contribution >= 4 is 17.8 Å². The molecule has 7 nitrogen and oxygen atoms in total. The maximum Gasteiger partial charge on any atom is 0.331 e. The molecule has 0 spiro atoms. The molecule has 1 aliphatic rings. The Morgan fingerprint density at radius 1 is 1.18 bits per heavy atom. The minimum absolute atomic E-state index is 0.232. The van der Waals surface area contributed by atoms with Gasteiger partial charge in [0.2, 0.25) is 11.5 Å². The minimum atomic E-state index is -0.604. The molecule has 0 radical (unpaired) electrons. The van der Waals surface area contributed by atoms with Gasteiger partial charge in [-0.3, -0.25) is 4.79 Å². The average molecular weight is 385 g/mol. The van der Waals surface area contributed by atoms with Crippen molar-refractivity contribution in [1.29, 1.82) is 0 Å². The summed E-state index contributed by atoms with van der Waals surface area (Å²) in [6.07, 6.45) is 2.84. The number of methoxy groups -OCH3 is 1. The summed E-state index contributed by atoms with van der Waals surface area (Å²) in [4.78, 5) is 24.3. The third kappa shape index (κ3) is 4.03. The second-order valence-corrected chi connectivity index (χ2v) is 6.46. The maximum absolute atomic E-state index is 12.3. The van der Waals surface area contributed by atoms with E-state index in [2.05, 4.69) is 0 Å². The number of carbonyl (C=O) groups excluding carboxylic acids is 2. The molecule has 1 aromatic heterocycles. The summed E-state index contributed by atoms with van der Waals surface area (Å²) in [5.41, 5.74) is 3.07. The largest absolute Gasteiger partial charge is 0.493 e. The first kappa shape index (κ1) is 19.5. The number of Topliss-reactive ketones (excluding diaryl/α,β-unsaturated/α-hetero) is 1. The number of carbonyl (C=O) groups is 2. The lowest BCUT2D eigenvalue weighted by Gasteiger charge is -2.20. The molecule has 2 aromatic rings. The van der Waals surface area contributed by atoms with Crippen molar-refractivity contribution in [3.05, 3.63) is 46.8 Å². The van der Waals surface area contributed by atoms with Gasteiger partial charge in [0.05, 0.1) is 7.11 Å². The van der Waals surface area contributed by atoms with Crippen molar-refractivity contribution in [2.45, 2.75) is 13.8 Å². The van der Waals surface area contributed by atoms with Crippen molar-refractivity contribution in [3.8, 4) is 17.2 Å². The number of esters is 1. The zero-order valence-corrected chi connectivity index (χ0v) is 16.4. The number of fused-ring (bicyclic) bond motifs is 1. The number of benzene rings is 1. The Balaban J connectivity index is 1.64. The van der Waals surface area contributed by atoms with Crippen LogP contribution in [-0.4, -0.2) is 43.3 Å². The number of ether oxygens (including phenoxy) is 4. The number of ketones is 1. The molecule has 0 aliphatic carbocycles. The number of hydrogen-bond donors (Lipinski definition) is 0. The van der Waals surface area contributed by atoms with E-state index in [0.717, 1.165) is 11.4 Å². The Morgan fingerprint density at radius 3 is 2.61 bits per heavy atom. The highest BCUT2D eigenvalue weighted by Gasteiger charge is 2.18. The van der Waals surface area contributed by atoms with Crippen molar-refractivity contribution < 1.29 is 28.5 Å². The summed E-state index contributed by atoms with van der Waals surface area (Å²) >= 11 is 0. The topological polar surface area (TPSA) is 76.0 Å². The monoisotopic (exact) mass is 385 g/mol. The summed E-state index contributed by atoms with van der Waals surface area (Å²) in [5, 5.41) is 0. The third-order valence-corrected chi connectivity index (χ3v) is 4.68. The molecule has 2 heterocycles. The lowest BCUT2D eigenvalue weighted by atomic mass is 10.1. The Labute approximate surface area is 163 Å². The van der Waals surface area contributed by atoms with Crippen LogP contribution in [0.5, 0.6) is 17.2 Å². The van der Waals surface area contributed by atoms with E-state index in [4.69, 9.17) is 18.9 Å². The Morgan fingerprint density at radius 2 is 1.93 bits per heavy atom. The van der Waals surface area contributed by atoms with E-state index in [9.17, 15) is 9.59 Å². The van der Waals surface area contributed by atoms with Gasteiger partial charge >= 0.3 is 5.97 Å². The fourth-order valence-electron chi connectivity index (χ4n) is 2.95. The predicted octanol–water partition coefficient (Wildman–Crippen LogP) is 2.86. The fraction of sp³-hybridized carbons (Fsp3) is 0.333. The van der Waals surface area contributed by atoms with Gasteiger partial charge < -0.3 is 23.5 Å². The van der Waals surface area contributed by atoms with Gasteiger partial charge in [-0.15, -0.1) is 0 Å². The van der Waals surface area contributed by atoms with Gasteiger partial charge in [0.15, 0.2) is 18.1 Å². The SMILES string of the molecule is COc1cc(/C=C/C(=O)OCC(=O)c2cc(C)n(C)c2C)cc2c1OCCO2. The molecule has 0 N–H and O–H groups in total. The fourth-order valence-corrected chi connectivity index (χ4v) is 2.95. The molecule has 1 aliphatic heterocycles. The summed E-state index contributed by atoms with van der Waals surface area (Å²) < 4.78 is 23.4. The third-order valence-electron chi connectivity index (χ3n) is 4.68. The quantitative estimate of drug-likeness (QED) is 0.432. The van der Waals surface area contributed by atoms with Gasteiger partial charge in [0.25, 0.3) is 0 Å². The molecule has 7 heteroatoms. The van der Waals surface area contributed by atoms with Crippen LogP contribution in [0.4, 0.5) is 0 Å². The first-order chi connectivity index (χ1) is 13.4. The van der Waals surface area contributed by atoms with E-state index in [1.54, 1.807) is 24.3 Å². The lowest BCUT2D eigenvalue weighted by Crippen LogP contribution is -2.16. The first-order valence-electron chi connectivity index (χ1n) is 8.89. The second-order valence-electron chi connectivity index (χ2n) is 6.46. The van der Waals surface area contributed by atoms with Crippen LogP contribution < -0.4 is 14.2 Å². The predicted molar refractivity (Wildman–Crippen MR) is 103 cm³/mol. The zero-order valence-electron chi connectivity index (χ0n) is 16.4. The lowest BCUT2D eigenvalue weighted by molar-refractivity contribution is -0.136. The smallest absolute Gasteiger partial charge is 0.331 e. The van der Waals surface area contributed by atoms with Gasteiger partial charge in [0, 0.05) is 30.1 Å². The number of nitrogens with zero attached hydrogens (tertiary/aromatic N) is 1. The molecule has 0 amide bonds. The highest BCUT2D eigenvalue weighted by Crippen LogP contribution is 2.40. The molecule has 0 bridgehead atoms. The highest BCUT2D eigenvalue weighted by atomic mass is 16.6. The van der Waals surface area contributed by atoms with Crippen LogP contribution in [-0.2, 0) is 16.6 Å². The van der Waals surface area contributed by atoms with Gasteiger partial charge in [0.1, 0.15) is 13.2 Å². The minimum Gasteiger partial charge on any atom is -0.493 e. The van der Waals surface area contributed by atoms with Gasteiger partial charge in [-0.05, 0) is 43.7 Å². The van der Waals surface area contributed by atoms with E-state index in [-0.39, 0.29) is 12.4 Å². The Hall–Kier alpha value is -3.22. The van der Waals surface area contributed by atoms with Crippen molar-refractivity contribution in [3.63, 3.8) is 0 Å². The van der Waals surface area contributed by atoms with Gasteiger partial charge in [-0.25, -0.2) is 4.79 Å². The van der Waals surface area contributed by atoms with Crippen LogP contribution in [0, 0.1) is 13.8 Å². The molecule has 0 fully saturated rings. The number of hydrogen-bond acceptors (Lipinski definition) is 6. The molecule has 148 valence electrons. The molecule has 0 saturated carbocycles. The van der Waals surface area contributed by atoms with Crippen LogP contribution in [0.1, 0.15) is 27.3 Å². The van der Waals surface area contributed by atoms with Gasteiger partial charge in [-0.2, -0.15) is 0 Å². The number of aryl methyl sites for hydroxylation is 1. The molecule has 28 heavy (non-hydrogen) atoms. The van der Waals surface area contributed by atoms with Gasteiger partial charge in [-0.1, -0.05) is 0 Å². The van der Waals surface area contributed by atoms with Crippen molar-refractivity contribution in [1.82, 2.24) is 4.57 Å². The van der Waals surface area contributed by atoms with E-state index >= 15 is 0 Å². The molecular formula is C21H23NO6. The molecule has 0 saturated heterocycles. The number of aromatic nitrogens is 1. The molecular weight excluding hydrogens is 362 g/mol. The van der Waals surface area contributed by atoms with E-state index in [1.807, 2.05) is 25.5 Å². The summed E-state index contributed by atoms with van der Waals surface area (Å²) in [6.45, 7) is 4.38. The van der Waals surface area contributed by atoms with E-state index < -0.39 is 5.97 Å². The standard InChI is InChI=1S/C21H23NO6/c1-13-9-16(14(2)22(13)3)17(23)12-28-20(24)6-5-15-10-18(25-4)21-19(11-15)26-7-8-27-21/h5-6,9-11H,7-8,12H2,1-4H3/b6-5+. The first-order valence-corrected chi connectivity index (χ1v) is 8.89. The molecule has 1 aromatic carbocycles. The Kier molecular flexibility index (Phi) is 5.73. The maximum atomic E-state index is 12.3. The summed E-state index contributed by atoms with van der Waals surface area (Å²) in [5.74, 6) is 0.795. The van der Waals surface area contributed by atoms with E-state index in [0.29, 0.717) is 41.6 Å².